The molecule has 0 aliphatic rings. The maximum Gasteiger partial charge on any atom is 0.248 e. The molecule has 12 heavy (non-hydrogen) atoms. The molecule has 0 spiro atoms. The van der Waals surface area contributed by atoms with E-state index >= 15 is 0 Å². The largest absolute Gasteiger partial charge is 0.325 e. The summed E-state index contributed by atoms with van der Waals surface area (Å²) in [4.78, 5) is 0. The first kappa shape index (κ1) is 11.3. The number of halogens is 2. The molecule has 0 fully saturated rings. The van der Waals surface area contributed by atoms with E-state index in [4.69, 9.17) is 5.73 Å². The fourth-order valence-electron chi connectivity index (χ4n) is 0.758. The quantitative estimate of drug-likeness (QED) is 0.652. The first-order chi connectivity index (χ1) is 5.57. The van der Waals surface area contributed by atoms with Gasteiger partial charge in [0.25, 0.3) is 0 Å². The van der Waals surface area contributed by atoms with E-state index in [2.05, 4.69) is 0 Å². The van der Waals surface area contributed by atoms with Crippen LogP contribution in [-0.4, -0.2) is 12.5 Å². The Morgan fingerprint density at radius 2 is 1.75 bits per heavy atom. The van der Waals surface area contributed by atoms with Crippen LogP contribution in [0.25, 0.3) is 0 Å². The number of nitrogens with two attached hydrogens (primary N) is 1. The molecule has 0 rings (SSSR count). The van der Waals surface area contributed by atoms with Crippen LogP contribution in [0.2, 0.25) is 0 Å². The molecule has 0 aliphatic heterocycles. The summed E-state index contributed by atoms with van der Waals surface area (Å²) in [6.07, 6.45) is 3.74. The van der Waals surface area contributed by atoms with E-state index < -0.39 is 12.3 Å². The van der Waals surface area contributed by atoms with Gasteiger partial charge in [0.2, 0.25) is 6.43 Å². The molecule has 0 amide bonds. The van der Waals surface area contributed by atoms with Crippen molar-refractivity contribution in [2.24, 2.45) is 11.7 Å². The van der Waals surface area contributed by atoms with Crippen molar-refractivity contribution in [1.29, 1.82) is 0 Å². The first-order valence-electron chi connectivity index (χ1n) is 3.92. The van der Waals surface area contributed by atoms with Gasteiger partial charge in [-0.2, -0.15) is 0 Å². The topological polar surface area (TPSA) is 26.0 Å². The summed E-state index contributed by atoms with van der Waals surface area (Å²) in [5, 5.41) is 0. The highest BCUT2D eigenvalue weighted by atomic mass is 19.3. The van der Waals surface area contributed by atoms with Crippen LogP contribution in [0, 0.1) is 5.92 Å². The summed E-state index contributed by atoms with van der Waals surface area (Å²) in [6, 6.07) is -0.170. The molecule has 0 aromatic rings. The normalized spacial score (nSPS) is 17.8. The van der Waals surface area contributed by atoms with Crippen LogP contribution >= 0.6 is 0 Å². The van der Waals surface area contributed by atoms with Crippen LogP contribution in [-0.2, 0) is 0 Å². The van der Waals surface area contributed by atoms with Crippen molar-refractivity contribution in [3.63, 3.8) is 0 Å². The van der Waals surface area contributed by atoms with E-state index in [1.807, 2.05) is 0 Å². The maximum absolute atomic E-state index is 12.2. The third kappa shape index (κ3) is 5.02. The van der Waals surface area contributed by atoms with Crippen LogP contribution < -0.4 is 5.73 Å². The van der Waals surface area contributed by atoms with Crippen molar-refractivity contribution >= 4 is 0 Å². The minimum absolute atomic E-state index is 0.170. The molecule has 2 atom stereocenters. The molecule has 0 aromatic heterocycles. The van der Waals surface area contributed by atoms with E-state index in [0.717, 1.165) is 0 Å². The second kappa shape index (κ2) is 5.89. The minimum Gasteiger partial charge on any atom is -0.325 e. The van der Waals surface area contributed by atoms with E-state index in [1.54, 1.807) is 26.0 Å². The minimum atomic E-state index is -2.35. The lowest BCUT2D eigenvalue weighted by atomic mass is 10.1. The molecule has 0 bridgehead atoms. The highest BCUT2D eigenvalue weighted by molar-refractivity contribution is 5.03. The fourth-order valence-corrected chi connectivity index (χ4v) is 0.758. The van der Waals surface area contributed by atoms with Crippen LogP contribution in [0.5, 0.6) is 0 Å². The molecule has 70 valence electrons. The summed E-state index contributed by atoms with van der Waals surface area (Å²) in [5.74, 6) is -0.805. The second-order valence-electron chi connectivity index (χ2n) is 2.68. The van der Waals surface area contributed by atoms with Crippen molar-refractivity contribution in [1.82, 2.24) is 0 Å². The van der Waals surface area contributed by atoms with Crippen molar-refractivity contribution in [2.45, 2.75) is 26.3 Å². The SMILES string of the molecule is C/C=C\C(/C=C\C(C)N)C(F)F. The third-order valence-electron chi connectivity index (χ3n) is 1.34. The zero-order chi connectivity index (χ0) is 9.56. The molecule has 0 saturated heterocycles. The summed E-state index contributed by atoms with van der Waals surface area (Å²) >= 11 is 0. The molecule has 3 heteroatoms. The Morgan fingerprint density at radius 1 is 1.17 bits per heavy atom. The zero-order valence-electron chi connectivity index (χ0n) is 7.37. The van der Waals surface area contributed by atoms with Crippen LogP contribution in [0.15, 0.2) is 24.3 Å². The highest BCUT2D eigenvalue weighted by Crippen LogP contribution is 2.13. The van der Waals surface area contributed by atoms with Gasteiger partial charge in [0.1, 0.15) is 0 Å². The van der Waals surface area contributed by atoms with Crippen LogP contribution in [0.1, 0.15) is 13.8 Å². The van der Waals surface area contributed by atoms with Crippen molar-refractivity contribution in [3.05, 3.63) is 24.3 Å². The van der Waals surface area contributed by atoms with Gasteiger partial charge in [-0.25, -0.2) is 8.78 Å². The monoisotopic (exact) mass is 175 g/mol. The summed E-state index contributed by atoms with van der Waals surface area (Å²) in [7, 11) is 0. The number of hydrogen-bond acceptors (Lipinski definition) is 1. The van der Waals surface area contributed by atoms with Crippen LogP contribution in [0.4, 0.5) is 8.78 Å². The Kier molecular flexibility index (Phi) is 5.54. The Balaban J connectivity index is 4.13. The van der Waals surface area contributed by atoms with Gasteiger partial charge in [0.05, 0.1) is 5.92 Å². The van der Waals surface area contributed by atoms with Gasteiger partial charge in [0, 0.05) is 6.04 Å². The number of rotatable bonds is 4. The van der Waals surface area contributed by atoms with Gasteiger partial charge in [-0.15, -0.1) is 0 Å². The van der Waals surface area contributed by atoms with E-state index in [1.165, 1.54) is 12.2 Å². The Morgan fingerprint density at radius 3 is 2.08 bits per heavy atom. The third-order valence-corrected chi connectivity index (χ3v) is 1.34. The van der Waals surface area contributed by atoms with Crippen molar-refractivity contribution < 1.29 is 8.78 Å². The van der Waals surface area contributed by atoms with Gasteiger partial charge < -0.3 is 5.73 Å². The smallest absolute Gasteiger partial charge is 0.248 e. The van der Waals surface area contributed by atoms with Gasteiger partial charge in [0.15, 0.2) is 0 Å². The van der Waals surface area contributed by atoms with E-state index in [-0.39, 0.29) is 6.04 Å². The average molecular weight is 175 g/mol. The van der Waals surface area contributed by atoms with Crippen molar-refractivity contribution in [3.8, 4) is 0 Å². The Hall–Kier alpha value is -0.700. The number of alkyl halides is 2. The van der Waals surface area contributed by atoms with Gasteiger partial charge in [-0.1, -0.05) is 24.3 Å². The predicted octanol–water partition coefficient (Wildman–Crippen LogP) is 2.35. The standard InChI is InChI=1S/C9H15F2N/c1-3-4-8(9(10)11)6-5-7(2)12/h3-9H,12H2,1-2H3/b4-3-,6-5-. The molecule has 2 N–H and O–H groups in total. The molecular formula is C9H15F2N. The lowest BCUT2D eigenvalue weighted by Crippen LogP contribution is -2.12. The lowest BCUT2D eigenvalue weighted by Gasteiger charge is -2.05. The maximum atomic E-state index is 12.2. The van der Waals surface area contributed by atoms with E-state index in [9.17, 15) is 8.78 Å². The second-order valence-corrected chi connectivity index (χ2v) is 2.68. The van der Waals surface area contributed by atoms with E-state index in [0.29, 0.717) is 0 Å². The molecule has 0 aliphatic carbocycles. The summed E-state index contributed by atoms with van der Waals surface area (Å²) < 4.78 is 24.4. The first-order valence-corrected chi connectivity index (χ1v) is 3.92. The van der Waals surface area contributed by atoms with Crippen LogP contribution in [0.3, 0.4) is 0 Å². The zero-order valence-corrected chi connectivity index (χ0v) is 7.37. The molecule has 0 radical (unpaired) electrons. The van der Waals surface area contributed by atoms with Gasteiger partial charge in [-0.05, 0) is 13.8 Å². The molecule has 0 saturated carbocycles. The van der Waals surface area contributed by atoms with Gasteiger partial charge >= 0.3 is 0 Å². The summed E-state index contributed by atoms with van der Waals surface area (Å²) in [6.45, 7) is 3.46. The average Bonchev–Trinajstić information content (AvgIpc) is 1.96. The molecule has 0 aromatic carbocycles. The lowest BCUT2D eigenvalue weighted by molar-refractivity contribution is 0.120. The Labute approximate surface area is 72.0 Å². The van der Waals surface area contributed by atoms with Gasteiger partial charge in [-0.3, -0.25) is 0 Å². The highest BCUT2D eigenvalue weighted by Gasteiger charge is 2.12. The molecule has 1 nitrogen and oxygen atoms in total. The molecule has 2 unspecified atom stereocenters. The number of hydrogen-bond donors (Lipinski definition) is 1. The molecular weight excluding hydrogens is 160 g/mol. The molecule has 0 heterocycles. The van der Waals surface area contributed by atoms with Crippen molar-refractivity contribution in [2.75, 3.05) is 0 Å². The predicted molar refractivity (Wildman–Crippen MR) is 47.1 cm³/mol. The fraction of sp³-hybridized carbons (Fsp3) is 0.556. The Bertz CT molecular complexity index is 162. The summed E-state index contributed by atoms with van der Waals surface area (Å²) in [5.41, 5.74) is 5.38. The number of allylic oxidation sites excluding steroid dienone is 3.